The molecule has 1 aliphatic rings. The predicted molar refractivity (Wildman–Crippen MR) is 71.6 cm³/mol. The summed E-state index contributed by atoms with van der Waals surface area (Å²) in [5, 5.41) is 11.7. The van der Waals surface area contributed by atoms with Crippen molar-refractivity contribution >= 4 is 33.5 Å². The van der Waals surface area contributed by atoms with E-state index < -0.39 is 5.97 Å². The monoisotopic (exact) mass is 309 g/mol. The Morgan fingerprint density at radius 2 is 1.94 bits per heavy atom. The molecule has 0 saturated heterocycles. The maximum atomic E-state index is 11.9. The van der Waals surface area contributed by atoms with Crippen LogP contribution in [0.2, 0.25) is 0 Å². The number of rotatable bonds is 3. The molecule has 1 aromatic carbocycles. The van der Waals surface area contributed by atoms with Crippen LogP contribution in [0.5, 0.6) is 0 Å². The lowest BCUT2D eigenvalue weighted by Gasteiger charge is -2.12. The van der Waals surface area contributed by atoms with E-state index in [0.29, 0.717) is 18.5 Å². The average molecular weight is 310 g/mol. The number of aromatic carboxylic acids is 1. The number of carboxylic acid groups (broad SMARTS) is 1. The largest absolute Gasteiger partial charge is 0.478 e. The summed E-state index contributed by atoms with van der Waals surface area (Å²) in [5.74, 6) is -1.28. The summed E-state index contributed by atoms with van der Waals surface area (Å²) in [4.78, 5) is 23.0. The van der Waals surface area contributed by atoms with Crippen molar-refractivity contribution in [1.29, 1.82) is 0 Å². The lowest BCUT2D eigenvalue weighted by molar-refractivity contribution is -0.119. The molecule has 4 nitrogen and oxygen atoms in total. The van der Waals surface area contributed by atoms with Crippen molar-refractivity contribution in [2.75, 3.05) is 5.32 Å². The molecule has 0 bridgehead atoms. The van der Waals surface area contributed by atoms with Crippen LogP contribution < -0.4 is 5.32 Å². The minimum absolute atomic E-state index is 0.0920. The number of anilines is 1. The van der Waals surface area contributed by atoms with Crippen molar-refractivity contribution in [2.24, 2.45) is 5.92 Å². The number of carbonyl (C=O) groups is 2. The number of amides is 1. The summed E-state index contributed by atoms with van der Waals surface area (Å²) in [6, 6.07) is 4.70. The van der Waals surface area contributed by atoms with Crippen LogP contribution in [0.3, 0.4) is 0 Å². The van der Waals surface area contributed by atoms with E-state index in [9.17, 15) is 9.59 Å². The van der Waals surface area contributed by atoms with Gasteiger partial charge >= 0.3 is 5.97 Å². The van der Waals surface area contributed by atoms with Gasteiger partial charge in [0.1, 0.15) is 0 Å². The summed E-state index contributed by atoms with van der Waals surface area (Å²) in [7, 11) is 0. The molecule has 2 rings (SSSR count). The van der Waals surface area contributed by atoms with Gasteiger partial charge in [0, 0.05) is 10.4 Å². The van der Waals surface area contributed by atoms with E-state index in [4.69, 9.17) is 5.11 Å². The summed E-state index contributed by atoms with van der Waals surface area (Å²) >= 11 is 3.26. The van der Waals surface area contributed by atoms with Gasteiger partial charge in [-0.15, -0.1) is 0 Å². The first-order chi connectivity index (χ1) is 8.58. The Labute approximate surface area is 113 Å². The molecule has 94 valence electrons. The molecule has 5 heteroatoms. The molecule has 1 aliphatic carbocycles. The topological polar surface area (TPSA) is 66.4 Å². The molecule has 0 atom stereocenters. The van der Waals surface area contributed by atoms with E-state index in [2.05, 4.69) is 21.2 Å². The third-order valence-electron chi connectivity index (χ3n) is 2.85. The van der Waals surface area contributed by atoms with Gasteiger partial charge in [-0.05, 0) is 31.0 Å². The Kier molecular flexibility index (Phi) is 3.81. The van der Waals surface area contributed by atoms with Crippen LogP contribution in [0.15, 0.2) is 34.8 Å². The maximum absolute atomic E-state index is 11.9. The normalized spacial score (nSPS) is 14.7. The van der Waals surface area contributed by atoms with Crippen LogP contribution in [0, 0.1) is 5.92 Å². The molecule has 0 spiro atoms. The minimum Gasteiger partial charge on any atom is -0.478 e. The zero-order valence-electron chi connectivity index (χ0n) is 9.52. The van der Waals surface area contributed by atoms with Gasteiger partial charge in [-0.1, -0.05) is 28.1 Å². The Morgan fingerprint density at radius 3 is 2.56 bits per heavy atom. The fourth-order valence-electron chi connectivity index (χ4n) is 1.87. The molecule has 0 unspecified atom stereocenters. The number of carboxylic acids is 1. The predicted octanol–water partition coefficient (Wildman–Crippen LogP) is 3.05. The van der Waals surface area contributed by atoms with Crippen LogP contribution in [-0.2, 0) is 4.79 Å². The van der Waals surface area contributed by atoms with E-state index in [0.717, 1.165) is 4.47 Å². The van der Waals surface area contributed by atoms with Gasteiger partial charge in [0.2, 0.25) is 5.91 Å². The van der Waals surface area contributed by atoms with Crippen LogP contribution >= 0.6 is 15.9 Å². The SMILES string of the molecule is O=C(O)c1ccc(Br)cc1NC(=O)C1CC=CC1. The van der Waals surface area contributed by atoms with Gasteiger partial charge in [0.05, 0.1) is 11.3 Å². The molecule has 0 radical (unpaired) electrons. The maximum Gasteiger partial charge on any atom is 0.337 e. The average Bonchev–Trinajstić information content (AvgIpc) is 2.81. The first-order valence-electron chi connectivity index (χ1n) is 5.56. The van der Waals surface area contributed by atoms with Crippen LogP contribution in [-0.4, -0.2) is 17.0 Å². The molecule has 18 heavy (non-hydrogen) atoms. The standard InChI is InChI=1S/C13H12BrNO3/c14-9-5-6-10(13(17)18)11(7-9)15-12(16)8-3-1-2-4-8/h1-2,5-8H,3-4H2,(H,15,16)(H,17,18). The fraction of sp³-hybridized carbons (Fsp3) is 0.231. The Balaban J connectivity index is 2.19. The highest BCUT2D eigenvalue weighted by Gasteiger charge is 2.21. The first-order valence-corrected chi connectivity index (χ1v) is 6.36. The first kappa shape index (κ1) is 12.8. The summed E-state index contributed by atoms with van der Waals surface area (Å²) < 4.78 is 0.729. The van der Waals surface area contributed by atoms with Crippen molar-refractivity contribution in [1.82, 2.24) is 0 Å². The third-order valence-corrected chi connectivity index (χ3v) is 3.34. The fourth-order valence-corrected chi connectivity index (χ4v) is 2.23. The Bertz CT molecular complexity index is 517. The highest BCUT2D eigenvalue weighted by molar-refractivity contribution is 9.10. The number of benzene rings is 1. The Hall–Kier alpha value is -1.62. The number of hydrogen-bond acceptors (Lipinski definition) is 2. The highest BCUT2D eigenvalue weighted by atomic mass is 79.9. The van der Waals surface area contributed by atoms with Crippen molar-refractivity contribution in [2.45, 2.75) is 12.8 Å². The van der Waals surface area contributed by atoms with Gasteiger partial charge in [-0.25, -0.2) is 4.79 Å². The smallest absolute Gasteiger partial charge is 0.337 e. The lowest BCUT2D eigenvalue weighted by atomic mass is 10.1. The van der Waals surface area contributed by atoms with Gasteiger partial charge in [-0.3, -0.25) is 4.79 Å². The molecular weight excluding hydrogens is 298 g/mol. The molecule has 1 aromatic rings. The number of carbonyl (C=O) groups excluding carboxylic acids is 1. The lowest BCUT2D eigenvalue weighted by Crippen LogP contribution is -2.22. The van der Waals surface area contributed by atoms with Crippen molar-refractivity contribution in [3.63, 3.8) is 0 Å². The molecule has 1 amide bonds. The molecule has 0 heterocycles. The van der Waals surface area contributed by atoms with Crippen molar-refractivity contribution < 1.29 is 14.7 Å². The van der Waals surface area contributed by atoms with E-state index in [1.54, 1.807) is 12.1 Å². The molecule has 2 N–H and O–H groups in total. The van der Waals surface area contributed by atoms with E-state index >= 15 is 0 Å². The van der Waals surface area contributed by atoms with Gasteiger partial charge in [0.25, 0.3) is 0 Å². The molecule has 0 aliphatic heterocycles. The molecular formula is C13H12BrNO3. The van der Waals surface area contributed by atoms with Crippen molar-refractivity contribution in [3.8, 4) is 0 Å². The number of nitrogens with one attached hydrogen (secondary N) is 1. The van der Waals surface area contributed by atoms with Gasteiger partial charge in [-0.2, -0.15) is 0 Å². The quantitative estimate of drug-likeness (QED) is 0.843. The second kappa shape index (κ2) is 5.35. The summed E-state index contributed by atoms with van der Waals surface area (Å²) in [6.45, 7) is 0. The minimum atomic E-state index is -1.05. The number of allylic oxidation sites excluding steroid dienone is 2. The molecule has 0 aromatic heterocycles. The zero-order chi connectivity index (χ0) is 13.1. The zero-order valence-corrected chi connectivity index (χ0v) is 11.1. The molecule has 0 fully saturated rings. The third kappa shape index (κ3) is 2.79. The van der Waals surface area contributed by atoms with Crippen molar-refractivity contribution in [3.05, 3.63) is 40.4 Å². The van der Waals surface area contributed by atoms with Gasteiger partial charge in [0.15, 0.2) is 0 Å². The second-order valence-corrected chi connectivity index (χ2v) is 5.04. The van der Waals surface area contributed by atoms with E-state index in [-0.39, 0.29) is 17.4 Å². The van der Waals surface area contributed by atoms with Crippen LogP contribution in [0.1, 0.15) is 23.2 Å². The van der Waals surface area contributed by atoms with Crippen LogP contribution in [0.25, 0.3) is 0 Å². The Morgan fingerprint density at radius 1 is 1.28 bits per heavy atom. The summed E-state index contributed by atoms with van der Waals surface area (Å²) in [5.41, 5.74) is 0.422. The second-order valence-electron chi connectivity index (χ2n) is 4.12. The number of halogens is 1. The molecule has 0 saturated carbocycles. The number of hydrogen-bond donors (Lipinski definition) is 2. The van der Waals surface area contributed by atoms with Crippen LogP contribution in [0.4, 0.5) is 5.69 Å². The highest BCUT2D eigenvalue weighted by Crippen LogP contribution is 2.24. The van der Waals surface area contributed by atoms with E-state index in [1.165, 1.54) is 6.07 Å². The van der Waals surface area contributed by atoms with E-state index in [1.807, 2.05) is 12.2 Å². The van der Waals surface area contributed by atoms with Gasteiger partial charge < -0.3 is 10.4 Å². The summed E-state index contributed by atoms with van der Waals surface area (Å²) in [6.07, 6.45) is 5.34.